The second-order valence-electron chi connectivity index (χ2n) is 10.5. The van der Waals surface area contributed by atoms with Gasteiger partial charge in [-0.1, -0.05) is 54.6 Å². The van der Waals surface area contributed by atoms with E-state index in [2.05, 4.69) is 29.6 Å². The van der Waals surface area contributed by atoms with Crippen LogP contribution in [-0.2, 0) is 14.4 Å². The largest absolute Gasteiger partial charge is 0.457 e. The Balaban J connectivity index is 0.966. The molecule has 0 unspecified atom stereocenters. The van der Waals surface area contributed by atoms with Gasteiger partial charge in [0.05, 0.1) is 11.8 Å². The molecule has 184 valence electrons. The van der Waals surface area contributed by atoms with Gasteiger partial charge in [-0.2, -0.15) is 0 Å². The molecule has 2 saturated carbocycles. The Morgan fingerprint density at radius 1 is 0.757 bits per heavy atom. The average Bonchev–Trinajstić information content (AvgIpc) is 3.72. The molecular formula is C31H26N2O4. The molecule has 6 atom stereocenters. The van der Waals surface area contributed by atoms with Crippen LogP contribution in [0.3, 0.4) is 0 Å². The fourth-order valence-corrected chi connectivity index (χ4v) is 6.61. The van der Waals surface area contributed by atoms with Gasteiger partial charge in [0.15, 0.2) is 0 Å². The number of likely N-dealkylation sites (tertiary alicyclic amines) is 1. The summed E-state index contributed by atoms with van der Waals surface area (Å²) < 4.78 is 5.94. The van der Waals surface area contributed by atoms with Crippen LogP contribution in [0, 0.1) is 35.5 Å². The van der Waals surface area contributed by atoms with Gasteiger partial charge in [0, 0.05) is 5.69 Å². The third-order valence-electron chi connectivity index (χ3n) is 8.39. The first-order chi connectivity index (χ1) is 18.1. The molecule has 3 fully saturated rings. The van der Waals surface area contributed by atoms with E-state index in [0.717, 1.165) is 17.5 Å². The van der Waals surface area contributed by atoms with Crippen molar-refractivity contribution >= 4 is 23.4 Å². The minimum Gasteiger partial charge on any atom is -0.457 e. The predicted octanol–water partition coefficient (Wildman–Crippen LogP) is 5.14. The number of ether oxygens (including phenoxy) is 1. The zero-order chi connectivity index (χ0) is 25.1. The van der Waals surface area contributed by atoms with Crippen LogP contribution >= 0.6 is 0 Å². The van der Waals surface area contributed by atoms with Crippen LogP contribution in [-0.4, -0.2) is 29.2 Å². The molecule has 0 spiro atoms. The number of hydrogen-bond donors (Lipinski definition) is 1. The van der Waals surface area contributed by atoms with Crippen LogP contribution in [0.5, 0.6) is 11.5 Å². The molecule has 0 aromatic heterocycles. The summed E-state index contributed by atoms with van der Waals surface area (Å²) in [5.41, 5.74) is 2.84. The number of rotatable bonds is 6. The van der Waals surface area contributed by atoms with E-state index < -0.39 is 0 Å². The van der Waals surface area contributed by atoms with Crippen molar-refractivity contribution in [3.63, 3.8) is 0 Å². The number of amides is 3. The Hall–Kier alpha value is -4.19. The molecule has 3 aromatic carbocycles. The van der Waals surface area contributed by atoms with Crippen molar-refractivity contribution in [2.75, 3.05) is 11.9 Å². The number of carbonyl (C=O) groups is 3. The van der Waals surface area contributed by atoms with E-state index in [0.29, 0.717) is 29.0 Å². The fourth-order valence-electron chi connectivity index (χ4n) is 6.61. The summed E-state index contributed by atoms with van der Waals surface area (Å²) in [6.07, 6.45) is 5.39. The van der Waals surface area contributed by atoms with Gasteiger partial charge in [0.25, 0.3) is 0 Å². The van der Waals surface area contributed by atoms with Gasteiger partial charge < -0.3 is 10.1 Å². The smallest absolute Gasteiger partial charge is 0.244 e. The molecule has 8 rings (SSSR count). The summed E-state index contributed by atoms with van der Waals surface area (Å²) in [5, 5.41) is 2.81. The normalized spacial score (nSPS) is 28.6. The van der Waals surface area contributed by atoms with Gasteiger partial charge in [-0.25, -0.2) is 0 Å². The molecule has 1 saturated heterocycles. The van der Waals surface area contributed by atoms with E-state index in [-0.39, 0.29) is 47.9 Å². The molecule has 2 bridgehead atoms. The third-order valence-corrected chi connectivity index (χ3v) is 8.39. The SMILES string of the molecule is O=C(CN1C(=O)[C@@H]2[C@H]3C=C[C@@H]([C@@H]4C[C@@H]34)[C@H]2C1=O)Nc1ccc(Oc2ccc(-c3ccccc3)cc2)cc1. The van der Waals surface area contributed by atoms with Gasteiger partial charge in [-0.05, 0) is 77.6 Å². The van der Waals surface area contributed by atoms with Crippen LogP contribution in [0.4, 0.5) is 5.69 Å². The maximum absolute atomic E-state index is 13.1. The van der Waals surface area contributed by atoms with E-state index in [1.54, 1.807) is 24.3 Å². The maximum Gasteiger partial charge on any atom is 0.244 e. The van der Waals surface area contributed by atoms with Crippen LogP contribution in [0.2, 0.25) is 0 Å². The van der Waals surface area contributed by atoms with Crippen molar-refractivity contribution in [2.45, 2.75) is 6.42 Å². The number of anilines is 1. The summed E-state index contributed by atoms with van der Waals surface area (Å²) in [7, 11) is 0. The highest BCUT2D eigenvalue weighted by Gasteiger charge is 2.67. The predicted molar refractivity (Wildman–Crippen MR) is 138 cm³/mol. The molecule has 5 aliphatic rings. The molecule has 0 radical (unpaired) electrons. The van der Waals surface area contributed by atoms with Crippen molar-refractivity contribution in [3.8, 4) is 22.6 Å². The highest BCUT2D eigenvalue weighted by atomic mass is 16.5. The molecule has 1 heterocycles. The molecule has 3 amide bonds. The minimum absolute atomic E-state index is 0.159. The quantitative estimate of drug-likeness (QED) is 0.384. The van der Waals surface area contributed by atoms with E-state index in [4.69, 9.17) is 4.74 Å². The Labute approximate surface area is 214 Å². The van der Waals surface area contributed by atoms with Gasteiger partial charge in [0.1, 0.15) is 18.0 Å². The first kappa shape index (κ1) is 22.0. The summed E-state index contributed by atoms with van der Waals surface area (Å²) in [4.78, 5) is 40.1. The molecule has 37 heavy (non-hydrogen) atoms. The van der Waals surface area contributed by atoms with E-state index in [9.17, 15) is 14.4 Å². The van der Waals surface area contributed by atoms with E-state index in [1.807, 2.05) is 42.5 Å². The standard InChI is InChI=1S/C31H26N2O4/c34-27(17-33-30(35)28-23-14-15-24(26-16-25(23)26)29(28)31(33)36)32-20-8-12-22(13-9-20)37-21-10-6-19(7-11-21)18-4-2-1-3-5-18/h1-15,23-26,28-29H,16-17H2,(H,32,34)/t23-,24-,25-,26-,28+,29+/m0/s1. The van der Waals surface area contributed by atoms with Gasteiger partial charge in [-0.15, -0.1) is 0 Å². The Bertz CT molecular complexity index is 1380. The summed E-state index contributed by atoms with van der Waals surface area (Å²) in [6, 6.07) is 25.1. The third kappa shape index (κ3) is 3.75. The minimum atomic E-state index is -0.379. The summed E-state index contributed by atoms with van der Waals surface area (Å²) in [6.45, 7) is -0.245. The molecule has 6 nitrogen and oxygen atoms in total. The lowest BCUT2D eigenvalue weighted by Crippen LogP contribution is -2.40. The number of nitrogens with one attached hydrogen (secondary N) is 1. The first-order valence-corrected chi connectivity index (χ1v) is 12.8. The van der Waals surface area contributed by atoms with Crippen molar-refractivity contribution < 1.29 is 19.1 Å². The van der Waals surface area contributed by atoms with Crippen molar-refractivity contribution in [2.24, 2.45) is 35.5 Å². The fraction of sp³-hybridized carbons (Fsp3) is 0.258. The summed E-state index contributed by atoms with van der Waals surface area (Å²) >= 11 is 0. The molecular weight excluding hydrogens is 464 g/mol. The zero-order valence-electron chi connectivity index (χ0n) is 20.1. The summed E-state index contributed by atoms with van der Waals surface area (Å²) in [5.74, 6) is 1.46. The lowest BCUT2D eigenvalue weighted by molar-refractivity contribution is -0.142. The van der Waals surface area contributed by atoms with Crippen molar-refractivity contribution in [3.05, 3.63) is 91.0 Å². The van der Waals surface area contributed by atoms with Crippen LogP contribution in [0.25, 0.3) is 11.1 Å². The highest BCUT2D eigenvalue weighted by molar-refractivity contribution is 6.09. The lowest BCUT2D eigenvalue weighted by Gasteiger charge is -2.37. The zero-order valence-corrected chi connectivity index (χ0v) is 20.1. The Morgan fingerprint density at radius 2 is 1.30 bits per heavy atom. The number of carbonyl (C=O) groups excluding carboxylic acids is 3. The van der Waals surface area contributed by atoms with Crippen LogP contribution < -0.4 is 10.1 Å². The maximum atomic E-state index is 13.1. The Morgan fingerprint density at radius 3 is 1.89 bits per heavy atom. The van der Waals surface area contributed by atoms with Crippen molar-refractivity contribution in [1.82, 2.24) is 4.90 Å². The molecule has 6 heteroatoms. The van der Waals surface area contributed by atoms with Crippen LogP contribution in [0.1, 0.15) is 6.42 Å². The monoisotopic (exact) mass is 490 g/mol. The topological polar surface area (TPSA) is 75.7 Å². The molecule has 1 aliphatic heterocycles. The second kappa shape index (κ2) is 8.44. The van der Waals surface area contributed by atoms with Gasteiger partial charge in [0.2, 0.25) is 17.7 Å². The van der Waals surface area contributed by atoms with E-state index >= 15 is 0 Å². The lowest BCUT2D eigenvalue weighted by atomic mass is 9.63. The molecule has 4 aliphatic carbocycles. The average molecular weight is 491 g/mol. The number of hydrogen-bond acceptors (Lipinski definition) is 4. The second-order valence-corrected chi connectivity index (χ2v) is 10.5. The van der Waals surface area contributed by atoms with Crippen molar-refractivity contribution in [1.29, 1.82) is 0 Å². The van der Waals surface area contributed by atoms with E-state index in [1.165, 1.54) is 4.90 Å². The number of allylic oxidation sites excluding steroid dienone is 2. The van der Waals surface area contributed by atoms with Gasteiger partial charge >= 0.3 is 0 Å². The van der Waals surface area contributed by atoms with Gasteiger partial charge in [-0.3, -0.25) is 19.3 Å². The number of imide groups is 1. The Kier molecular flexibility index (Phi) is 5.03. The molecule has 3 aromatic rings. The molecule has 1 N–H and O–H groups in total. The first-order valence-electron chi connectivity index (χ1n) is 12.8. The van der Waals surface area contributed by atoms with Crippen LogP contribution in [0.15, 0.2) is 91.0 Å². The number of nitrogens with zero attached hydrogens (tertiary/aromatic N) is 1. The highest BCUT2D eigenvalue weighted by Crippen LogP contribution is 2.65. The number of benzene rings is 3.